The number of amides is 1. The molecule has 0 bridgehead atoms. The average molecular weight is 285 g/mol. The van der Waals surface area contributed by atoms with Gasteiger partial charge in [0, 0.05) is 12.0 Å². The SMILES string of the molecule is Cc1ccc(C(C)(C)CNC(=O)C(C)(C)N)cc1.Cl. The van der Waals surface area contributed by atoms with E-state index in [2.05, 4.69) is 50.4 Å². The molecule has 1 aromatic carbocycles. The third kappa shape index (κ3) is 5.21. The molecule has 0 fully saturated rings. The molecule has 1 amide bonds. The molecule has 0 aliphatic rings. The number of nitrogens with two attached hydrogens (primary N) is 1. The molecule has 0 atom stereocenters. The molecule has 19 heavy (non-hydrogen) atoms. The quantitative estimate of drug-likeness (QED) is 0.893. The Kier molecular flexibility index (Phi) is 6.04. The van der Waals surface area contributed by atoms with Crippen molar-refractivity contribution in [3.63, 3.8) is 0 Å². The highest BCUT2D eigenvalue weighted by atomic mass is 35.5. The molecular formula is C15H25ClN2O. The van der Waals surface area contributed by atoms with Crippen LogP contribution in [0, 0.1) is 6.92 Å². The van der Waals surface area contributed by atoms with Gasteiger partial charge in [0.25, 0.3) is 0 Å². The van der Waals surface area contributed by atoms with Gasteiger partial charge in [0.15, 0.2) is 0 Å². The first-order valence-electron chi connectivity index (χ1n) is 6.27. The van der Waals surface area contributed by atoms with Crippen molar-refractivity contribution in [2.75, 3.05) is 6.54 Å². The van der Waals surface area contributed by atoms with Crippen LogP contribution in [-0.4, -0.2) is 18.0 Å². The van der Waals surface area contributed by atoms with Crippen LogP contribution < -0.4 is 11.1 Å². The van der Waals surface area contributed by atoms with Crippen LogP contribution in [-0.2, 0) is 10.2 Å². The summed E-state index contributed by atoms with van der Waals surface area (Å²) in [4.78, 5) is 11.8. The number of carbonyl (C=O) groups is 1. The second kappa shape index (κ2) is 6.40. The van der Waals surface area contributed by atoms with Gasteiger partial charge >= 0.3 is 0 Å². The minimum atomic E-state index is -0.830. The van der Waals surface area contributed by atoms with E-state index >= 15 is 0 Å². The number of benzene rings is 1. The number of hydrogen-bond donors (Lipinski definition) is 2. The first kappa shape index (κ1) is 17.9. The summed E-state index contributed by atoms with van der Waals surface area (Å²) in [7, 11) is 0. The summed E-state index contributed by atoms with van der Waals surface area (Å²) in [5.41, 5.74) is 7.27. The van der Waals surface area contributed by atoms with Crippen molar-refractivity contribution in [3.05, 3.63) is 35.4 Å². The Morgan fingerprint density at radius 2 is 1.63 bits per heavy atom. The summed E-state index contributed by atoms with van der Waals surface area (Å²) in [5.74, 6) is -0.123. The molecule has 3 nitrogen and oxygen atoms in total. The zero-order chi connectivity index (χ0) is 14.0. The van der Waals surface area contributed by atoms with Crippen molar-refractivity contribution in [2.45, 2.75) is 45.6 Å². The zero-order valence-corrected chi connectivity index (χ0v) is 13.2. The molecule has 0 saturated heterocycles. The fraction of sp³-hybridized carbons (Fsp3) is 0.533. The lowest BCUT2D eigenvalue weighted by molar-refractivity contribution is -0.125. The second-order valence-electron chi connectivity index (χ2n) is 6.15. The zero-order valence-electron chi connectivity index (χ0n) is 12.4. The highest BCUT2D eigenvalue weighted by Crippen LogP contribution is 2.22. The number of halogens is 1. The Bertz CT molecular complexity index is 419. The van der Waals surface area contributed by atoms with Crippen LogP contribution in [0.4, 0.5) is 0 Å². The molecule has 0 radical (unpaired) electrons. The summed E-state index contributed by atoms with van der Waals surface area (Å²) in [6.07, 6.45) is 0. The summed E-state index contributed by atoms with van der Waals surface area (Å²) >= 11 is 0. The van der Waals surface area contributed by atoms with Crippen LogP contribution in [0.25, 0.3) is 0 Å². The van der Waals surface area contributed by atoms with E-state index in [-0.39, 0.29) is 23.7 Å². The van der Waals surface area contributed by atoms with Crippen LogP contribution in [0.3, 0.4) is 0 Å². The summed E-state index contributed by atoms with van der Waals surface area (Å²) < 4.78 is 0. The van der Waals surface area contributed by atoms with Crippen LogP contribution in [0.15, 0.2) is 24.3 Å². The number of aryl methyl sites for hydroxylation is 1. The van der Waals surface area contributed by atoms with E-state index in [1.54, 1.807) is 13.8 Å². The van der Waals surface area contributed by atoms with Crippen molar-refractivity contribution < 1.29 is 4.79 Å². The Labute approximate surface area is 122 Å². The maximum atomic E-state index is 11.8. The number of carbonyl (C=O) groups excluding carboxylic acids is 1. The van der Waals surface area contributed by atoms with Gasteiger partial charge < -0.3 is 11.1 Å². The van der Waals surface area contributed by atoms with Gasteiger partial charge in [0.1, 0.15) is 0 Å². The van der Waals surface area contributed by atoms with Crippen LogP contribution in [0.5, 0.6) is 0 Å². The lowest BCUT2D eigenvalue weighted by Crippen LogP contribution is -2.51. The largest absolute Gasteiger partial charge is 0.354 e. The van der Waals surface area contributed by atoms with Crippen LogP contribution >= 0.6 is 12.4 Å². The predicted octanol–water partition coefficient (Wildman–Crippen LogP) is 2.55. The lowest BCUT2D eigenvalue weighted by Gasteiger charge is -2.28. The fourth-order valence-electron chi connectivity index (χ4n) is 1.64. The van der Waals surface area contributed by atoms with Gasteiger partial charge in [-0.25, -0.2) is 0 Å². The molecule has 0 aliphatic carbocycles. The molecule has 1 rings (SSSR count). The van der Waals surface area contributed by atoms with E-state index in [1.165, 1.54) is 11.1 Å². The fourth-order valence-corrected chi connectivity index (χ4v) is 1.64. The second-order valence-corrected chi connectivity index (χ2v) is 6.15. The third-order valence-electron chi connectivity index (χ3n) is 3.11. The molecule has 0 spiro atoms. The first-order valence-corrected chi connectivity index (χ1v) is 6.27. The maximum absolute atomic E-state index is 11.8. The normalized spacial score (nSPS) is 11.7. The lowest BCUT2D eigenvalue weighted by atomic mass is 9.84. The van der Waals surface area contributed by atoms with Gasteiger partial charge in [-0.05, 0) is 26.3 Å². The molecular weight excluding hydrogens is 260 g/mol. The van der Waals surface area contributed by atoms with E-state index in [0.29, 0.717) is 6.54 Å². The first-order chi connectivity index (χ1) is 8.13. The van der Waals surface area contributed by atoms with Crippen molar-refractivity contribution in [1.82, 2.24) is 5.32 Å². The summed E-state index contributed by atoms with van der Waals surface area (Å²) in [5, 5.41) is 2.91. The Morgan fingerprint density at radius 3 is 2.05 bits per heavy atom. The van der Waals surface area contributed by atoms with Crippen molar-refractivity contribution in [2.24, 2.45) is 5.73 Å². The minimum absolute atomic E-state index is 0. The van der Waals surface area contributed by atoms with Crippen molar-refractivity contribution in [1.29, 1.82) is 0 Å². The summed E-state index contributed by atoms with van der Waals surface area (Å²) in [6.45, 7) is 10.3. The molecule has 3 N–H and O–H groups in total. The Morgan fingerprint density at radius 1 is 1.16 bits per heavy atom. The van der Waals surface area contributed by atoms with E-state index in [4.69, 9.17) is 5.73 Å². The van der Waals surface area contributed by atoms with Gasteiger partial charge in [0.2, 0.25) is 5.91 Å². The van der Waals surface area contributed by atoms with E-state index in [0.717, 1.165) is 0 Å². The molecule has 0 heterocycles. The highest BCUT2D eigenvalue weighted by Gasteiger charge is 2.26. The maximum Gasteiger partial charge on any atom is 0.239 e. The van der Waals surface area contributed by atoms with E-state index < -0.39 is 5.54 Å². The Balaban J connectivity index is 0.00000324. The average Bonchev–Trinajstić information content (AvgIpc) is 2.25. The van der Waals surface area contributed by atoms with E-state index in [1.807, 2.05) is 0 Å². The molecule has 1 aromatic rings. The van der Waals surface area contributed by atoms with Gasteiger partial charge in [0.05, 0.1) is 5.54 Å². The molecule has 0 unspecified atom stereocenters. The van der Waals surface area contributed by atoms with Crippen molar-refractivity contribution in [3.8, 4) is 0 Å². The third-order valence-corrected chi connectivity index (χ3v) is 3.11. The van der Waals surface area contributed by atoms with Gasteiger partial charge in [-0.1, -0.05) is 43.7 Å². The topological polar surface area (TPSA) is 55.1 Å². The molecule has 0 saturated carbocycles. The number of rotatable bonds is 4. The van der Waals surface area contributed by atoms with Gasteiger partial charge in [-0.2, -0.15) is 0 Å². The molecule has 0 aliphatic heterocycles. The van der Waals surface area contributed by atoms with Crippen LogP contribution in [0.1, 0.15) is 38.8 Å². The van der Waals surface area contributed by atoms with Gasteiger partial charge in [-0.15, -0.1) is 12.4 Å². The summed E-state index contributed by atoms with van der Waals surface area (Å²) in [6, 6.07) is 8.39. The smallest absolute Gasteiger partial charge is 0.239 e. The van der Waals surface area contributed by atoms with Crippen LogP contribution in [0.2, 0.25) is 0 Å². The Hall–Kier alpha value is -1.06. The molecule has 0 aromatic heterocycles. The molecule has 4 heteroatoms. The highest BCUT2D eigenvalue weighted by molar-refractivity contribution is 5.85. The predicted molar refractivity (Wildman–Crippen MR) is 82.7 cm³/mol. The number of hydrogen-bond acceptors (Lipinski definition) is 2. The monoisotopic (exact) mass is 284 g/mol. The standard InChI is InChI=1S/C15H24N2O.ClH/c1-11-6-8-12(9-7-11)14(2,3)10-17-13(18)15(4,5)16;/h6-9H,10,16H2,1-5H3,(H,17,18);1H. The number of nitrogens with one attached hydrogen (secondary N) is 1. The van der Waals surface area contributed by atoms with Crippen molar-refractivity contribution >= 4 is 18.3 Å². The minimum Gasteiger partial charge on any atom is -0.354 e. The van der Waals surface area contributed by atoms with Gasteiger partial charge in [-0.3, -0.25) is 4.79 Å². The van der Waals surface area contributed by atoms with E-state index in [9.17, 15) is 4.79 Å². The molecule has 108 valence electrons.